The molecule has 1 N–H and O–H groups in total. The highest BCUT2D eigenvalue weighted by Gasteiger charge is 2.23. The fourth-order valence-electron chi connectivity index (χ4n) is 1.74. The summed E-state index contributed by atoms with van der Waals surface area (Å²) in [5.41, 5.74) is 0.970. The molecule has 5 nitrogen and oxygen atoms in total. The molecular formula is C11H7N3O2. The molecule has 0 aromatic carbocycles. The molecule has 0 radical (unpaired) electrons. The van der Waals surface area contributed by atoms with Crippen molar-refractivity contribution in [3.63, 3.8) is 0 Å². The zero-order chi connectivity index (χ0) is 11.1. The lowest BCUT2D eigenvalue weighted by Gasteiger charge is -2.02. The second-order valence-corrected chi connectivity index (χ2v) is 3.45. The van der Waals surface area contributed by atoms with Gasteiger partial charge in [-0.25, -0.2) is 4.98 Å². The van der Waals surface area contributed by atoms with E-state index in [-0.39, 0.29) is 0 Å². The number of rotatable bonds is 1. The van der Waals surface area contributed by atoms with Gasteiger partial charge in [0.1, 0.15) is 11.3 Å². The van der Waals surface area contributed by atoms with E-state index >= 15 is 0 Å². The third-order valence-electron chi connectivity index (χ3n) is 2.44. The number of amides is 2. The molecule has 5 heteroatoms. The summed E-state index contributed by atoms with van der Waals surface area (Å²) in [5, 5.41) is 3.13. The van der Waals surface area contributed by atoms with Crippen LogP contribution in [0.25, 0.3) is 16.7 Å². The van der Waals surface area contributed by atoms with E-state index in [1.807, 2.05) is 18.2 Å². The van der Waals surface area contributed by atoms with Gasteiger partial charge in [-0.05, 0) is 18.2 Å². The molecule has 0 aliphatic carbocycles. The largest absolute Gasteiger partial charge is 0.296 e. The first-order valence-corrected chi connectivity index (χ1v) is 4.75. The molecule has 0 fully saturated rings. The zero-order valence-corrected chi connectivity index (χ0v) is 8.18. The van der Waals surface area contributed by atoms with Crippen molar-refractivity contribution < 1.29 is 9.59 Å². The minimum Gasteiger partial charge on any atom is -0.296 e. The fourth-order valence-corrected chi connectivity index (χ4v) is 1.74. The molecule has 2 amide bonds. The molecule has 3 heterocycles. The van der Waals surface area contributed by atoms with Gasteiger partial charge in [-0.15, -0.1) is 0 Å². The second-order valence-electron chi connectivity index (χ2n) is 3.45. The van der Waals surface area contributed by atoms with Crippen LogP contribution >= 0.6 is 0 Å². The number of carbonyl (C=O) groups is 2. The smallest absolute Gasteiger partial charge is 0.275 e. The molecule has 1 aliphatic rings. The van der Waals surface area contributed by atoms with Crippen molar-refractivity contribution in [2.45, 2.75) is 0 Å². The quantitative estimate of drug-likeness (QED) is 0.703. The predicted molar refractivity (Wildman–Crippen MR) is 57.2 cm³/mol. The van der Waals surface area contributed by atoms with Crippen molar-refractivity contribution in [1.29, 1.82) is 0 Å². The number of carbonyl (C=O) groups excluding carboxylic acids is 2. The zero-order valence-electron chi connectivity index (χ0n) is 8.18. The van der Waals surface area contributed by atoms with Crippen LogP contribution in [0.2, 0.25) is 0 Å². The van der Waals surface area contributed by atoms with E-state index < -0.39 is 11.8 Å². The highest BCUT2D eigenvalue weighted by Crippen LogP contribution is 2.19. The first-order chi connectivity index (χ1) is 7.75. The summed E-state index contributed by atoms with van der Waals surface area (Å²) in [4.78, 5) is 26.7. The summed E-state index contributed by atoms with van der Waals surface area (Å²) in [5.74, 6) is -0.786. The highest BCUT2D eigenvalue weighted by atomic mass is 16.2. The van der Waals surface area contributed by atoms with Crippen LogP contribution < -0.4 is 5.32 Å². The first kappa shape index (κ1) is 8.84. The number of hydrogen-bond acceptors (Lipinski definition) is 3. The van der Waals surface area contributed by atoms with Crippen LogP contribution in [0.1, 0.15) is 0 Å². The van der Waals surface area contributed by atoms with Crippen LogP contribution in [0, 0.1) is 0 Å². The Morgan fingerprint density at radius 1 is 1.25 bits per heavy atom. The first-order valence-electron chi connectivity index (χ1n) is 4.75. The van der Waals surface area contributed by atoms with Crippen molar-refractivity contribution >= 4 is 28.5 Å². The Bertz CT molecular complexity index is 639. The molecule has 0 unspecified atom stereocenters. The molecule has 0 saturated heterocycles. The van der Waals surface area contributed by atoms with Crippen LogP contribution in [0.5, 0.6) is 0 Å². The Hall–Kier alpha value is -2.43. The molecule has 0 bridgehead atoms. The van der Waals surface area contributed by atoms with Crippen LogP contribution in [0.3, 0.4) is 0 Å². The van der Waals surface area contributed by atoms with Crippen molar-refractivity contribution in [2.75, 3.05) is 0 Å². The predicted octanol–water partition coefficient (Wildman–Crippen LogP) is 0.534. The Kier molecular flexibility index (Phi) is 1.67. The maximum atomic E-state index is 11.5. The van der Waals surface area contributed by atoms with Crippen LogP contribution in [-0.4, -0.2) is 21.4 Å². The third-order valence-corrected chi connectivity index (χ3v) is 2.44. The van der Waals surface area contributed by atoms with E-state index in [9.17, 15) is 9.59 Å². The number of nitrogens with zero attached hydrogens (tertiary/aromatic N) is 2. The van der Waals surface area contributed by atoms with Gasteiger partial charge in [-0.2, -0.15) is 0 Å². The minimum atomic E-state index is -0.395. The molecule has 1 aliphatic heterocycles. The minimum absolute atomic E-state index is 0.304. The Morgan fingerprint density at radius 3 is 2.88 bits per heavy atom. The van der Waals surface area contributed by atoms with E-state index in [4.69, 9.17) is 0 Å². The molecule has 0 atom stereocenters. The van der Waals surface area contributed by atoms with Crippen molar-refractivity contribution in [1.82, 2.24) is 14.9 Å². The van der Waals surface area contributed by atoms with Gasteiger partial charge in [0.15, 0.2) is 0 Å². The fraction of sp³-hybridized carbons (Fsp3) is 0. The molecule has 0 spiro atoms. The lowest BCUT2D eigenvalue weighted by Crippen LogP contribution is -2.23. The van der Waals surface area contributed by atoms with E-state index in [1.165, 1.54) is 6.08 Å². The van der Waals surface area contributed by atoms with E-state index in [2.05, 4.69) is 10.3 Å². The summed E-state index contributed by atoms with van der Waals surface area (Å²) < 4.78 is 1.61. The lowest BCUT2D eigenvalue weighted by atomic mass is 10.3. The molecule has 16 heavy (non-hydrogen) atoms. The van der Waals surface area contributed by atoms with Gasteiger partial charge in [-0.1, -0.05) is 0 Å². The SMILES string of the molecule is O=C1C=C(n2ccc3cccnc32)C(=O)N1. The summed E-state index contributed by atoms with van der Waals surface area (Å²) >= 11 is 0. The van der Waals surface area contributed by atoms with Crippen molar-refractivity contribution in [2.24, 2.45) is 0 Å². The number of hydrogen-bond donors (Lipinski definition) is 1. The monoisotopic (exact) mass is 213 g/mol. The maximum Gasteiger partial charge on any atom is 0.275 e. The normalized spacial score (nSPS) is 15.4. The standard InChI is InChI=1S/C11H7N3O2/c15-9-6-8(11(16)13-9)14-5-3-7-2-1-4-12-10(7)14/h1-6H,(H,13,15,16). The Balaban J connectivity index is 2.24. The van der Waals surface area contributed by atoms with Gasteiger partial charge >= 0.3 is 0 Å². The van der Waals surface area contributed by atoms with Crippen molar-refractivity contribution in [3.8, 4) is 0 Å². The Labute approximate surface area is 90.4 Å². The molecule has 78 valence electrons. The van der Waals surface area contributed by atoms with Crippen LogP contribution in [0.15, 0.2) is 36.7 Å². The van der Waals surface area contributed by atoms with E-state index in [1.54, 1.807) is 17.0 Å². The summed E-state index contributed by atoms with van der Waals surface area (Å²) in [6.07, 6.45) is 4.65. The number of fused-ring (bicyclic) bond motifs is 1. The molecule has 2 aromatic heterocycles. The van der Waals surface area contributed by atoms with Crippen LogP contribution in [-0.2, 0) is 9.59 Å². The van der Waals surface area contributed by atoms with Gasteiger partial charge in [0, 0.05) is 23.9 Å². The average molecular weight is 213 g/mol. The molecular weight excluding hydrogens is 206 g/mol. The third kappa shape index (κ3) is 1.15. The molecule has 3 rings (SSSR count). The van der Waals surface area contributed by atoms with Gasteiger partial charge in [0.25, 0.3) is 11.8 Å². The van der Waals surface area contributed by atoms with Crippen LogP contribution in [0.4, 0.5) is 0 Å². The Morgan fingerprint density at radius 2 is 2.12 bits per heavy atom. The van der Waals surface area contributed by atoms with E-state index in [0.717, 1.165) is 5.39 Å². The molecule has 2 aromatic rings. The van der Waals surface area contributed by atoms with Crippen molar-refractivity contribution in [3.05, 3.63) is 36.7 Å². The highest BCUT2D eigenvalue weighted by molar-refractivity contribution is 6.30. The number of nitrogens with one attached hydrogen (secondary N) is 1. The van der Waals surface area contributed by atoms with E-state index in [0.29, 0.717) is 11.3 Å². The lowest BCUT2D eigenvalue weighted by molar-refractivity contribution is -0.123. The second kappa shape index (κ2) is 3.03. The van der Waals surface area contributed by atoms with Gasteiger partial charge < -0.3 is 0 Å². The summed E-state index contributed by atoms with van der Waals surface area (Å²) in [6.45, 7) is 0. The van der Waals surface area contributed by atoms with Gasteiger partial charge in [0.05, 0.1) is 0 Å². The number of imide groups is 1. The van der Waals surface area contributed by atoms with Gasteiger partial charge in [0.2, 0.25) is 0 Å². The topological polar surface area (TPSA) is 64.0 Å². The average Bonchev–Trinajstić information content (AvgIpc) is 2.81. The summed E-state index contributed by atoms with van der Waals surface area (Å²) in [6, 6.07) is 5.56. The maximum absolute atomic E-state index is 11.5. The summed E-state index contributed by atoms with van der Waals surface area (Å²) in [7, 11) is 0. The van der Waals surface area contributed by atoms with Gasteiger partial charge in [-0.3, -0.25) is 19.5 Å². The number of pyridine rings is 1. The number of aromatic nitrogens is 2. The molecule has 0 saturated carbocycles.